The Balaban J connectivity index is 2.99. The zero-order chi connectivity index (χ0) is 11.3. The van der Waals surface area contributed by atoms with Crippen LogP contribution in [-0.4, -0.2) is 24.2 Å². The summed E-state index contributed by atoms with van der Waals surface area (Å²) in [6.07, 6.45) is 0. The van der Waals surface area contributed by atoms with Crippen LogP contribution in [0.25, 0.3) is 0 Å². The Kier molecular flexibility index (Phi) is 4.37. The lowest BCUT2D eigenvalue weighted by Crippen LogP contribution is -2.09. The number of rotatable bonds is 4. The first kappa shape index (κ1) is 11.8. The van der Waals surface area contributed by atoms with Crippen molar-refractivity contribution in [3.8, 4) is 5.88 Å². The second-order valence-corrected chi connectivity index (χ2v) is 3.03. The summed E-state index contributed by atoms with van der Waals surface area (Å²) in [5.74, 6) is -0.242. The van der Waals surface area contributed by atoms with E-state index in [0.29, 0.717) is 18.8 Å². The Hall–Kier alpha value is -1.29. The van der Waals surface area contributed by atoms with Gasteiger partial charge in [0.1, 0.15) is 10.7 Å². The van der Waals surface area contributed by atoms with Crippen molar-refractivity contribution in [3.05, 3.63) is 22.8 Å². The molecule has 1 aromatic rings. The quantitative estimate of drug-likeness (QED) is 0.587. The van der Waals surface area contributed by atoms with Crippen LogP contribution >= 0.6 is 11.6 Å². The number of pyridine rings is 1. The van der Waals surface area contributed by atoms with Crippen LogP contribution in [0.3, 0.4) is 0 Å². The van der Waals surface area contributed by atoms with Gasteiger partial charge >= 0.3 is 5.97 Å². The summed E-state index contributed by atoms with van der Waals surface area (Å²) in [5.41, 5.74) is 0.295. The third-order valence-electron chi connectivity index (χ3n) is 1.60. The molecule has 0 unspecified atom stereocenters. The molecule has 0 aliphatic carbocycles. The lowest BCUT2D eigenvalue weighted by molar-refractivity contribution is 0.0521. The summed E-state index contributed by atoms with van der Waals surface area (Å²) < 4.78 is 10.0. The van der Waals surface area contributed by atoms with E-state index in [0.717, 1.165) is 0 Å². The fourth-order valence-electron chi connectivity index (χ4n) is 1.03. The Morgan fingerprint density at radius 3 is 2.73 bits per heavy atom. The minimum atomic E-state index is -0.454. The first-order valence-electron chi connectivity index (χ1n) is 4.65. The lowest BCUT2D eigenvalue weighted by atomic mass is 10.3. The second kappa shape index (κ2) is 5.56. The molecule has 0 aromatic carbocycles. The van der Waals surface area contributed by atoms with Gasteiger partial charge < -0.3 is 9.47 Å². The summed E-state index contributed by atoms with van der Waals surface area (Å²) in [6.45, 7) is 4.27. The first-order chi connectivity index (χ1) is 7.19. The van der Waals surface area contributed by atoms with Crippen LogP contribution in [0.4, 0.5) is 0 Å². The van der Waals surface area contributed by atoms with Crippen molar-refractivity contribution >= 4 is 17.6 Å². The molecule has 0 saturated carbocycles. The third kappa shape index (κ3) is 3.09. The maximum atomic E-state index is 11.5. The van der Waals surface area contributed by atoms with Crippen molar-refractivity contribution in [1.29, 1.82) is 0 Å². The topological polar surface area (TPSA) is 48.4 Å². The van der Waals surface area contributed by atoms with Gasteiger partial charge in [0, 0.05) is 0 Å². The van der Waals surface area contributed by atoms with Crippen molar-refractivity contribution in [2.24, 2.45) is 0 Å². The van der Waals surface area contributed by atoms with E-state index in [9.17, 15) is 4.79 Å². The first-order valence-corrected chi connectivity index (χ1v) is 5.03. The largest absolute Gasteiger partial charge is 0.477 e. The zero-order valence-corrected chi connectivity index (χ0v) is 9.37. The van der Waals surface area contributed by atoms with E-state index < -0.39 is 5.97 Å². The van der Waals surface area contributed by atoms with E-state index in [1.54, 1.807) is 19.9 Å². The molecule has 1 aromatic heterocycles. The van der Waals surface area contributed by atoms with Crippen molar-refractivity contribution in [2.45, 2.75) is 13.8 Å². The third-order valence-corrected chi connectivity index (χ3v) is 1.81. The van der Waals surface area contributed by atoms with Crippen LogP contribution in [0.2, 0.25) is 5.15 Å². The molecule has 0 N–H and O–H groups in total. The van der Waals surface area contributed by atoms with Crippen LogP contribution in [-0.2, 0) is 4.74 Å². The van der Waals surface area contributed by atoms with Crippen LogP contribution < -0.4 is 4.74 Å². The van der Waals surface area contributed by atoms with Gasteiger partial charge in [0.25, 0.3) is 0 Å². The molecular weight excluding hydrogens is 218 g/mol. The van der Waals surface area contributed by atoms with Crippen molar-refractivity contribution in [2.75, 3.05) is 13.2 Å². The van der Waals surface area contributed by atoms with Gasteiger partial charge in [-0.2, -0.15) is 0 Å². The van der Waals surface area contributed by atoms with Gasteiger partial charge in [0.05, 0.1) is 13.2 Å². The molecule has 0 spiro atoms. The zero-order valence-electron chi connectivity index (χ0n) is 8.62. The van der Waals surface area contributed by atoms with Gasteiger partial charge in [0.2, 0.25) is 5.88 Å². The number of ether oxygens (including phenoxy) is 2. The number of aromatic nitrogens is 1. The molecule has 0 amide bonds. The minimum Gasteiger partial charge on any atom is -0.477 e. The van der Waals surface area contributed by atoms with Gasteiger partial charge in [-0.15, -0.1) is 0 Å². The molecule has 0 fully saturated rings. The minimum absolute atomic E-state index is 0.212. The fraction of sp³-hybridized carbons (Fsp3) is 0.400. The van der Waals surface area contributed by atoms with Crippen molar-refractivity contribution in [1.82, 2.24) is 4.98 Å². The number of halogens is 1. The molecule has 4 nitrogen and oxygen atoms in total. The molecule has 0 aliphatic heterocycles. The standard InChI is InChI=1S/C10H12ClNO3/c1-3-14-9-7(10(13)15-4-2)5-6-8(11)12-9/h5-6H,3-4H2,1-2H3. The van der Waals surface area contributed by atoms with Gasteiger partial charge in [-0.3, -0.25) is 0 Å². The van der Waals surface area contributed by atoms with E-state index in [1.807, 2.05) is 0 Å². The highest BCUT2D eigenvalue weighted by atomic mass is 35.5. The van der Waals surface area contributed by atoms with Crippen LogP contribution in [0.15, 0.2) is 12.1 Å². The smallest absolute Gasteiger partial charge is 0.343 e. The molecule has 0 atom stereocenters. The monoisotopic (exact) mass is 229 g/mol. The van der Waals surface area contributed by atoms with Gasteiger partial charge in [-0.05, 0) is 26.0 Å². The molecule has 0 radical (unpaired) electrons. The highest BCUT2D eigenvalue weighted by molar-refractivity contribution is 6.29. The Morgan fingerprint density at radius 2 is 2.13 bits per heavy atom. The molecule has 5 heteroatoms. The van der Waals surface area contributed by atoms with E-state index in [1.165, 1.54) is 6.07 Å². The van der Waals surface area contributed by atoms with Gasteiger partial charge in [-0.25, -0.2) is 9.78 Å². The maximum absolute atomic E-state index is 11.5. The molecular formula is C10H12ClNO3. The number of nitrogens with zero attached hydrogens (tertiary/aromatic N) is 1. The van der Waals surface area contributed by atoms with E-state index in [2.05, 4.69) is 4.98 Å². The van der Waals surface area contributed by atoms with Crippen molar-refractivity contribution < 1.29 is 14.3 Å². The van der Waals surface area contributed by atoms with Crippen LogP contribution in [0, 0.1) is 0 Å². The highest BCUT2D eigenvalue weighted by Crippen LogP contribution is 2.19. The summed E-state index contributed by atoms with van der Waals surface area (Å²) in [6, 6.07) is 3.06. The van der Waals surface area contributed by atoms with Gasteiger partial charge in [-0.1, -0.05) is 11.6 Å². The summed E-state index contributed by atoms with van der Waals surface area (Å²) in [7, 11) is 0. The number of hydrogen-bond acceptors (Lipinski definition) is 4. The fourth-order valence-corrected chi connectivity index (χ4v) is 1.17. The highest BCUT2D eigenvalue weighted by Gasteiger charge is 2.15. The number of esters is 1. The van der Waals surface area contributed by atoms with E-state index in [4.69, 9.17) is 21.1 Å². The van der Waals surface area contributed by atoms with Crippen LogP contribution in [0.5, 0.6) is 5.88 Å². The molecule has 0 aliphatic rings. The molecule has 0 bridgehead atoms. The molecule has 15 heavy (non-hydrogen) atoms. The predicted molar refractivity (Wildman–Crippen MR) is 56.4 cm³/mol. The lowest BCUT2D eigenvalue weighted by Gasteiger charge is -2.08. The van der Waals surface area contributed by atoms with Crippen molar-refractivity contribution in [3.63, 3.8) is 0 Å². The summed E-state index contributed by atoms with van der Waals surface area (Å²) in [5, 5.41) is 0.284. The van der Waals surface area contributed by atoms with E-state index >= 15 is 0 Å². The number of carbonyl (C=O) groups is 1. The molecule has 1 heterocycles. The summed E-state index contributed by atoms with van der Waals surface area (Å²) in [4.78, 5) is 15.4. The predicted octanol–water partition coefficient (Wildman–Crippen LogP) is 2.31. The SMILES string of the molecule is CCOC(=O)c1ccc(Cl)nc1OCC. The maximum Gasteiger partial charge on any atom is 0.343 e. The molecule has 0 saturated heterocycles. The van der Waals surface area contributed by atoms with E-state index in [-0.39, 0.29) is 11.0 Å². The Morgan fingerprint density at radius 1 is 1.40 bits per heavy atom. The van der Waals surface area contributed by atoms with Gasteiger partial charge in [0.15, 0.2) is 0 Å². The summed E-state index contributed by atoms with van der Waals surface area (Å²) >= 11 is 5.69. The Labute approximate surface area is 93.2 Å². The Bertz CT molecular complexity index is 355. The molecule has 82 valence electrons. The molecule has 1 rings (SSSR count). The number of hydrogen-bond donors (Lipinski definition) is 0. The average molecular weight is 230 g/mol. The van der Waals surface area contributed by atoms with Crippen LogP contribution in [0.1, 0.15) is 24.2 Å². The normalized spacial score (nSPS) is 9.80. The average Bonchev–Trinajstić information content (AvgIpc) is 2.18. The number of carbonyl (C=O) groups excluding carboxylic acids is 1. The second-order valence-electron chi connectivity index (χ2n) is 2.64.